The lowest BCUT2D eigenvalue weighted by Crippen LogP contribution is -2.37. The van der Waals surface area contributed by atoms with Crippen molar-refractivity contribution in [3.8, 4) is 0 Å². The lowest BCUT2D eigenvalue weighted by Gasteiger charge is -2.27. The van der Waals surface area contributed by atoms with Gasteiger partial charge in [0.1, 0.15) is 0 Å². The summed E-state index contributed by atoms with van der Waals surface area (Å²) in [6.07, 6.45) is 4.91. The fourth-order valence-electron chi connectivity index (χ4n) is 2.80. The number of hydrogen-bond donors (Lipinski definition) is 2. The first-order chi connectivity index (χ1) is 9.56. The highest BCUT2D eigenvalue weighted by atomic mass is 16.6. The summed E-state index contributed by atoms with van der Waals surface area (Å²) >= 11 is 0. The quantitative estimate of drug-likeness (QED) is 0.640. The maximum Gasteiger partial charge on any atom is 0.269 e. The summed E-state index contributed by atoms with van der Waals surface area (Å²) in [6.45, 7) is 5.19. The maximum absolute atomic E-state index is 10.7. The Kier molecular flexibility index (Phi) is 4.95. The summed E-state index contributed by atoms with van der Waals surface area (Å²) in [5.74, 6) is 0. The molecule has 1 aliphatic rings. The van der Waals surface area contributed by atoms with Gasteiger partial charge in [-0.1, -0.05) is 6.42 Å². The van der Waals surface area contributed by atoms with Gasteiger partial charge in [0.2, 0.25) is 0 Å². The predicted molar refractivity (Wildman–Crippen MR) is 81.2 cm³/mol. The molecule has 0 amide bonds. The number of anilines is 1. The van der Waals surface area contributed by atoms with Gasteiger partial charge in [0, 0.05) is 29.9 Å². The molecule has 1 aromatic carbocycles. The molecule has 0 radical (unpaired) electrons. The van der Waals surface area contributed by atoms with Gasteiger partial charge in [0.25, 0.3) is 5.69 Å². The van der Waals surface area contributed by atoms with Gasteiger partial charge in [-0.15, -0.1) is 0 Å². The number of nitrogens with zero attached hydrogens (tertiary/aromatic N) is 1. The van der Waals surface area contributed by atoms with Crippen LogP contribution in [0.4, 0.5) is 11.4 Å². The van der Waals surface area contributed by atoms with Crippen molar-refractivity contribution in [1.82, 2.24) is 5.32 Å². The minimum Gasteiger partial charge on any atom is -0.382 e. The molecule has 1 aromatic rings. The van der Waals surface area contributed by atoms with Crippen molar-refractivity contribution in [3.63, 3.8) is 0 Å². The lowest BCUT2D eigenvalue weighted by molar-refractivity contribution is -0.384. The lowest BCUT2D eigenvalue weighted by atomic mass is 9.98. The second-order valence-electron chi connectivity index (χ2n) is 5.68. The van der Waals surface area contributed by atoms with Crippen LogP contribution in [0.15, 0.2) is 18.2 Å². The molecule has 20 heavy (non-hydrogen) atoms. The number of piperidine rings is 1. The second kappa shape index (κ2) is 6.70. The van der Waals surface area contributed by atoms with E-state index in [9.17, 15) is 10.1 Å². The first kappa shape index (κ1) is 14.8. The van der Waals surface area contributed by atoms with Crippen LogP contribution < -0.4 is 10.6 Å². The molecule has 0 aliphatic carbocycles. The fourth-order valence-corrected chi connectivity index (χ4v) is 2.80. The van der Waals surface area contributed by atoms with Crippen molar-refractivity contribution in [2.75, 3.05) is 11.9 Å². The van der Waals surface area contributed by atoms with Crippen LogP contribution >= 0.6 is 0 Å². The minimum atomic E-state index is -0.355. The van der Waals surface area contributed by atoms with Crippen molar-refractivity contribution in [2.24, 2.45) is 0 Å². The van der Waals surface area contributed by atoms with E-state index in [4.69, 9.17) is 0 Å². The minimum absolute atomic E-state index is 0.148. The number of rotatable bonds is 5. The Morgan fingerprint density at radius 2 is 2.30 bits per heavy atom. The van der Waals surface area contributed by atoms with Gasteiger partial charge in [-0.25, -0.2) is 0 Å². The highest BCUT2D eigenvalue weighted by Crippen LogP contribution is 2.23. The number of non-ortho nitro benzene ring substituents is 1. The molecule has 1 heterocycles. The van der Waals surface area contributed by atoms with Gasteiger partial charge in [0.05, 0.1) is 4.92 Å². The van der Waals surface area contributed by atoms with Crippen LogP contribution in [0.1, 0.15) is 38.2 Å². The third-order valence-electron chi connectivity index (χ3n) is 3.87. The molecule has 1 aliphatic heterocycles. The van der Waals surface area contributed by atoms with Crippen molar-refractivity contribution >= 4 is 11.4 Å². The van der Waals surface area contributed by atoms with E-state index in [1.165, 1.54) is 19.3 Å². The Morgan fingerprint density at radius 1 is 1.50 bits per heavy atom. The monoisotopic (exact) mass is 277 g/mol. The summed E-state index contributed by atoms with van der Waals surface area (Å²) in [7, 11) is 0. The van der Waals surface area contributed by atoms with Gasteiger partial charge in [-0.3, -0.25) is 10.1 Å². The predicted octanol–water partition coefficient (Wildman–Crippen LogP) is 3.24. The highest BCUT2D eigenvalue weighted by molar-refractivity contribution is 5.55. The van der Waals surface area contributed by atoms with E-state index in [1.807, 2.05) is 6.92 Å². The van der Waals surface area contributed by atoms with E-state index in [1.54, 1.807) is 18.2 Å². The topological polar surface area (TPSA) is 67.2 Å². The molecule has 5 heteroatoms. The fraction of sp³-hybridized carbons (Fsp3) is 0.600. The number of nitrogens with one attached hydrogen (secondary N) is 2. The largest absolute Gasteiger partial charge is 0.382 e. The molecule has 0 spiro atoms. The zero-order chi connectivity index (χ0) is 14.5. The van der Waals surface area contributed by atoms with E-state index in [-0.39, 0.29) is 10.6 Å². The summed E-state index contributed by atoms with van der Waals surface area (Å²) in [6, 6.07) is 5.92. The van der Waals surface area contributed by atoms with Gasteiger partial charge in [0.15, 0.2) is 0 Å². The van der Waals surface area contributed by atoms with Gasteiger partial charge in [-0.05, 0) is 51.3 Å². The summed E-state index contributed by atoms with van der Waals surface area (Å²) in [5.41, 5.74) is 2.05. The average molecular weight is 277 g/mol. The van der Waals surface area contributed by atoms with Crippen LogP contribution in [0.3, 0.4) is 0 Å². The molecular weight excluding hydrogens is 254 g/mol. The van der Waals surface area contributed by atoms with Gasteiger partial charge >= 0.3 is 0 Å². The van der Waals surface area contributed by atoms with Crippen molar-refractivity contribution in [1.29, 1.82) is 0 Å². The molecule has 5 nitrogen and oxygen atoms in total. The zero-order valence-electron chi connectivity index (χ0n) is 12.2. The number of aryl methyl sites for hydroxylation is 1. The molecule has 1 fully saturated rings. The van der Waals surface area contributed by atoms with Crippen LogP contribution in [-0.2, 0) is 0 Å². The molecule has 0 aromatic heterocycles. The first-order valence-corrected chi connectivity index (χ1v) is 7.31. The van der Waals surface area contributed by atoms with Crippen LogP contribution in [0.5, 0.6) is 0 Å². The Hall–Kier alpha value is -1.62. The van der Waals surface area contributed by atoms with Crippen LogP contribution in [0.2, 0.25) is 0 Å². The van der Waals surface area contributed by atoms with E-state index < -0.39 is 0 Å². The van der Waals surface area contributed by atoms with Crippen LogP contribution in [0.25, 0.3) is 0 Å². The maximum atomic E-state index is 10.7. The van der Waals surface area contributed by atoms with Crippen molar-refractivity contribution < 1.29 is 4.92 Å². The molecular formula is C15H23N3O2. The average Bonchev–Trinajstić information content (AvgIpc) is 2.42. The van der Waals surface area contributed by atoms with Gasteiger partial charge in [-0.2, -0.15) is 0 Å². The van der Waals surface area contributed by atoms with Crippen molar-refractivity contribution in [3.05, 3.63) is 33.9 Å². The Morgan fingerprint density at radius 3 is 2.90 bits per heavy atom. The molecule has 110 valence electrons. The molecule has 2 unspecified atom stereocenters. The molecule has 1 saturated heterocycles. The van der Waals surface area contributed by atoms with Crippen molar-refractivity contribution in [2.45, 2.75) is 51.6 Å². The van der Waals surface area contributed by atoms with E-state index in [0.29, 0.717) is 12.1 Å². The third kappa shape index (κ3) is 3.93. The van der Waals surface area contributed by atoms with E-state index >= 15 is 0 Å². The Bertz CT molecular complexity index is 470. The van der Waals surface area contributed by atoms with Crippen LogP contribution in [-0.4, -0.2) is 23.6 Å². The number of nitro groups is 1. The van der Waals surface area contributed by atoms with Gasteiger partial charge < -0.3 is 10.6 Å². The van der Waals surface area contributed by atoms with E-state index in [2.05, 4.69) is 17.6 Å². The number of nitro benzene ring substituents is 1. The second-order valence-corrected chi connectivity index (χ2v) is 5.68. The SMILES string of the molecule is Cc1cc([N+](=O)[O-])ccc1NC(C)CC1CCCCN1. The van der Waals surface area contributed by atoms with Crippen LogP contribution in [0, 0.1) is 17.0 Å². The summed E-state index contributed by atoms with van der Waals surface area (Å²) in [4.78, 5) is 10.4. The molecule has 0 saturated carbocycles. The summed E-state index contributed by atoms with van der Waals surface area (Å²) in [5, 5.41) is 17.7. The molecule has 2 atom stereocenters. The van der Waals surface area contributed by atoms with E-state index in [0.717, 1.165) is 24.2 Å². The standard InChI is InChI=1S/C15H23N3O2/c1-11-9-14(18(19)20)6-7-15(11)17-12(2)10-13-5-3-4-8-16-13/h6-7,9,12-13,16-17H,3-5,8,10H2,1-2H3. The number of hydrogen-bond acceptors (Lipinski definition) is 4. The Balaban J connectivity index is 1.93. The highest BCUT2D eigenvalue weighted by Gasteiger charge is 2.16. The molecule has 2 rings (SSSR count). The Labute approximate surface area is 119 Å². The first-order valence-electron chi connectivity index (χ1n) is 7.31. The molecule has 2 N–H and O–H groups in total. The number of benzene rings is 1. The summed E-state index contributed by atoms with van der Waals surface area (Å²) < 4.78 is 0. The third-order valence-corrected chi connectivity index (χ3v) is 3.87. The molecule has 0 bridgehead atoms. The zero-order valence-corrected chi connectivity index (χ0v) is 12.2. The normalized spacial score (nSPS) is 20.4. The smallest absolute Gasteiger partial charge is 0.269 e.